The Labute approximate surface area is 323 Å². The highest BCUT2D eigenvalue weighted by atomic mass is 19.4. The van der Waals surface area contributed by atoms with E-state index in [1.807, 2.05) is 0 Å². The summed E-state index contributed by atoms with van der Waals surface area (Å²) in [6.07, 6.45) is -9.45. The van der Waals surface area contributed by atoms with Crippen LogP contribution in [0, 0.1) is 17.6 Å². The Morgan fingerprint density at radius 1 is 0.931 bits per heavy atom. The fourth-order valence-corrected chi connectivity index (χ4v) is 6.95. The number of carbonyl (C=O) groups is 5. The largest absolute Gasteiger partial charge is 0.489 e. The molecule has 4 N–H and O–H groups in total. The number of halogens is 8. The molecule has 1 saturated carbocycles. The van der Waals surface area contributed by atoms with Gasteiger partial charge in [0.25, 0.3) is 5.91 Å². The van der Waals surface area contributed by atoms with Gasteiger partial charge in [0, 0.05) is 30.8 Å². The van der Waals surface area contributed by atoms with Gasteiger partial charge in [-0.1, -0.05) is 18.9 Å². The van der Waals surface area contributed by atoms with Crippen LogP contribution >= 0.6 is 0 Å². The van der Waals surface area contributed by atoms with Gasteiger partial charge in [-0.05, 0) is 43.2 Å². The SMILES string of the molecule is CN1N(Cc2ccc(OCCNC(CC(=O)O)CC(=O)O)c(F)c2F)C(=O)C(C(=O)Nc2ccc(C(F)(F)F)cc2-c2cc(C(F)(F)F)ncn2)C(=O)C12CCCC2. The second-order valence-electron chi connectivity index (χ2n) is 13.5. The van der Waals surface area contributed by atoms with Crippen LogP contribution in [0.15, 0.2) is 42.7 Å². The quantitative estimate of drug-likeness (QED) is 0.0960. The normalized spacial score (nSPS) is 17.3. The van der Waals surface area contributed by atoms with Crippen molar-refractivity contribution in [3.05, 3.63) is 71.2 Å². The fourth-order valence-electron chi connectivity index (χ4n) is 6.95. The van der Waals surface area contributed by atoms with Gasteiger partial charge in [-0.3, -0.25) is 29.0 Å². The molecule has 2 aromatic carbocycles. The zero-order chi connectivity index (χ0) is 42.7. The van der Waals surface area contributed by atoms with Gasteiger partial charge in [0.15, 0.2) is 23.3 Å². The van der Waals surface area contributed by atoms with Crippen LogP contribution in [-0.4, -0.2) is 91.5 Å². The van der Waals surface area contributed by atoms with Crippen molar-refractivity contribution in [2.75, 3.05) is 25.5 Å². The number of carbonyl (C=O) groups excluding carboxylic acids is 3. The molecule has 3 aromatic rings. The van der Waals surface area contributed by atoms with E-state index >= 15 is 8.78 Å². The molecule has 2 heterocycles. The third-order valence-electron chi connectivity index (χ3n) is 9.82. The maximum Gasteiger partial charge on any atom is 0.433 e. The number of ether oxygens (including phenoxy) is 1. The number of anilines is 1. The Morgan fingerprint density at radius 3 is 2.19 bits per heavy atom. The number of nitrogens with one attached hydrogen (secondary N) is 2. The van der Waals surface area contributed by atoms with E-state index < -0.39 is 130 Å². The van der Waals surface area contributed by atoms with Gasteiger partial charge < -0.3 is 25.6 Å². The minimum Gasteiger partial charge on any atom is -0.489 e. The maximum absolute atomic E-state index is 15.5. The first-order valence-electron chi connectivity index (χ1n) is 17.4. The Hall–Kier alpha value is -5.77. The van der Waals surface area contributed by atoms with E-state index in [0.717, 1.165) is 23.2 Å². The molecule has 1 atom stereocenters. The molecule has 1 aliphatic carbocycles. The summed E-state index contributed by atoms with van der Waals surface area (Å²) >= 11 is 0. The molecule has 2 amide bonds. The molecule has 2 aliphatic rings. The Kier molecular flexibility index (Phi) is 12.7. The summed E-state index contributed by atoms with van der Waals surface area (Å²) in [4.78, 5) is 70.8. The first kappa shape index (κ1) is 43.4. The van der Waals surface area contributed by atoms with Crippen LogP contribution in [0.3, 0.4) is 0 Å². The fraction of sp³-hybridized carbons (Fsp3) is 0.417. The van der Waals surface area contributed by atoms with E-state index in [0.29, 0.717) is 37.4 Å². The second kappa shape index (κ2) is 17.0. The summed E-state index contributed by atoms with van der Waals surface area (Å²) in [5.74, 6) is -11.8. The van der Waals surface area contributed by atoms with E-state index in [2.05, 4.69) is 20.6 Å². The van der Waals surface area contributed by atoms with Crippen LogP contribution in [0.25, 0.3) is 11.3 Å². The summed E-state index contributed by atoms with van der Waals surface area (Å²) in [7, 11) is 1.34. The molecule has 2 fully saturated rings. The number of aliphatic carboxylic acids is 2. The van der Waals surface area contributed by atoms with Crippen LogP contribution in [0.4, 0.5) is 40.8 Å². The minimum absolute atomic E-state index is 0.125. The lowest BCUT2D eigenvalue weighted by Crippen LogP contribution is -2.69. The van der Waals surface area contributed by atoms with Crippen molar-refractivity contribution in [2.45, 2.75) is 69.0 Å². The van der Waals surface area contributed by atoms with Crippen molar-refractivity contribution in [1.29, 1.82) is 0 Å². The van der Waals surface area contributed by atoms with Crippen molar-refractivity contribution < 1.29 is 74.0 Å². The molecule has 312 valence electrons. The van der Waals surface area contributed by atoms with Crippen LogP contribution in [0.2, 0.25) is 0 Å². The minimum atomic E-state index is -5.03. The van der Waals surface area contributed by atoms with Crippen LogP contribution in [0.1, 0.15) is 55.3 Å². The summed E-state index contributed by atoms with van der Waals surface area (Å²) < 4.78 is 118. The Bertz CT molecular complexity index is 2080. The first-order chi connectivity index (χ1) is 27.1. The molecule has 5 rings (SSSR count). The van der Waals surface area contributed by atoms with Crippen LogP contribution < -0.4 is 15.4 Å². The van der Waals surface area contributed by atoms with E-state index in [1.54, 1.807) is 0 Å². The van der Waals surface area contributed by atoms with E-state index in [1.165, 1.54) is 12.1 Å². The number of carboxylic acids is 2. The van der Waals surface area contributed by atoms with Crippen molar-refractivity contribution >= 4 is 35.2 Å². The monoisotopic (exact) mass is 830 g/mol. The highest BCUT2D eigenvalue weighted by molar-refractivity contribution is 6.25. The van der Waals surface area contributed by atoms with Crippen LogP contribution in [0.5, 0.6) is 5.75 Å². The number of rotatable bonds is 14. The smallest absolute Gasteiger partial charge is 0.433 e. The first-order valence-corrected chi connectivity index (χ1v) is 17.4. The molecule has 22 heteroatoms. The zero-order valence-electron chi connectivity index (χ0n) is 30.2. The van der Waals surface area contributed by atoms with Crippen molar-refractivity contribution in [2.24, 2.45) is 5.92 Å². The van der Waals surface area contributed by atoms with Gasteiger partial charge in [-0.25, -0.2) is 19.4 Å². The number of Topliss-reactive ketones (excluding diaryl/α,β-unsaturated/α-hetero) is 1. The lowest BCUT2D eigenvalue weighted by Gasteiger charge is -2.49. The van der Waals surface area contributed by atoms with Crippen molar-refractivity contribution in [3.8, 4) is 17.0 Å². The summed E-state index contributed by atoms with van der Waals surface area (Å²) in [5.41, 5.74) is -6.62. The van der Waals surface area contributed by atoms with E-state index in [-0.39, 0.29) is 26.0 Å². The van der Waals surface area contributed by atoms with Gasteiger partial charge in [0.2, 0.25) is 11.7 Å². The van der Waals surface area contributed by atoms with Gasteiger partial charge in [-0.2, -0.15) is 30.7 Å². The summed E-state index contributed by atoms with van der Waals surface area (Å²) in [5, 5.41) is 24.9. The molecule has 1 saturated heterocycles. The molecule has 0 bridgehead atoms. The molecule has 1 aromatic heterocycles. The Morgan fingerprint density at radius 2 is 1.59 bits per heavy atom. The number of likely N-dealkylation sites (N-methyl/N-ethyl adjacent to an activating group) is 1. The summed E-state index contributed by atoms with van der Waals surface area (Å²) in [6.45, 7) is -1.22. The zero-order valence-corrected chi connectivity index (χ0v) is 30.2. The van der Waals surface area contributed by atoms with E-state index in [9.17, 15) is 50.3 Å². The van der Waals surface area contributed by atoms with Crippen LogP contribution in [-0.2, 0) is 42.9 Å². The Balaban J connectivity index is 1.41. The average Bonchev–Trinajstić information content (AvgIpc) is 3.64. The second-order valence-corrected chi connectivity index (χ2v) is 13.5. The number of nitrogens with zero attached hydrogens (tertiary/aromatic N) is 4. The number of aromatic nitrogens is 2. The number of benzene rings is 2. The number of hydrogen-bond acceptors (Lipinski definition) is 10. The number of hydrazine groups is 1. The van der Waals surface area contributed by atoms with Crippen molar-refractivity contribution in [1.82, 2.24) is 25.3 Å². The molecule has 58 heavy (non-hydrogen) atoms. The number of amides is 2. The lowest BCUT2D eigenvalue weighted by atomic mass is 9.80. The average molecular weight is 831 g/mol. The van der Waals surface area contributed by atoms with Gasteiger partial charge in [0.05, 0.1) is 41.9 Å². The summed E-state index contributed by atoms with van der Waals surface area (Å²) in [6, 6.07) is 3.14. The van der Waals surface area contributed by atoms with E-state index in [4.69, 9.17) is 14.9 Å². The number of alkyl halides is 6. The third kappa shape index (κ3) is 9.33. The molecule has 14 nitrogen and oxygen atoms in total. The van der Waals surface area contributed by atoms with Gasteiger partial charge in [-0.15, -0.1) is 0 Å². The maximum atomic E-state index is 15.5. The highest BCUT2D eigenvalue weighted by Gasteiger charge is 2.58. The molecule has 1 aliphatic heterocycles. The topological polar surface area (TPSA) is 191 Å². The molecule has 0 radical (unpaired) electrons. The molecular weight excluding hydrogens is 796 g/mol. The van der Waals surface area contributed by atoms with Gasteiger partial charge in [0.1, 0.15) is 18.6 Å². The number of carboxylic acid groups (broad SMARTS) is 2. The number of hydrogen-bond donors (Lipinski definition) is 4. The standard InChI is InChI=1S/C36H34F8N6O8/c1-49-34(8-2-3-9-34)31(55)28(32(56)48-22-6-5-19(35(39,40)41)12-21(22)23-15-25(36(42,43)44)47-17-46-23)33(57)50(49)16-18-4-7-24(30(38)29(18)37)58-11-10-45-20(13-26(51)52)14-27(53)54/h4-7,12,15,17,20,28,45H,2-3,8-11,13-14,16H2,1H3,(H,48,56)(H,51,52)(H,53,54). The number of ketones is 1. The molecular formula is C36H34F8N6O8. The predicted octanol–water partition coefficient (Wildman–Crippen LogP) is 5.07. The van der Waals surface area contributed by atoms with Gasteiger partial charge >= 0.3 is 24.3 Å². The third-order valence-corrected chi connectivity index (χ3v) is 9.82. The lowest BCUT2D eigenvalue weighted by molar-refractivity contribution is -0.186. The predicted molar refractivity (Wildman–Crippen MR) is 182 cm³/mol. The molecule has 1 spiro atoms. The highest BCUT2D eigenvalue weighted by Crippen LogP contribution is 2.43. The molecule has 1 unspecified atom stereocenters. The van der Waals surface area contributed by atoms with Crippen molar-refractivity contribution in [3.63, 3.8) is 0 Å².